The van der Waals surface area contributed by atoms with E-state index in [1.807, 2.05) is 16.7 Å². The van der Waals surface area contributed by atoms with Crippen LogP contribution in [0.4, 0.5) is 8.78 Å². The Balaban J connectivity index is 1.34. The van der Waals surface area contributed by atoms with Gasteiger partial charge in [-0.15, -0.1) is 0 Å². The molecule has 1 unspecified atom stereocenters. The zero-order valence-corrected chi connectivity index (χ0v) is 17.0. The van der Waals surface area contributed by atoms with Gasteiger partial charge in [-0.3, -0.25) is 4.79 Å². The van der Waals surface area contributed by atoms with Gasteiger partial charge in [-0.1, -0.05) is 24.3 Å². The molecule has 0 radical (unpaired) electrons. The molecule has 0 spiro atoms. The Morgan fingerprint density at radius 1 is 1.26 bits per heavy atom. The second kappa shape index (κ2) is 9.23. The van der Waals surface area contributed by atoms with Crippen LogP contribution in [0.1, 0.15) is 29.7 Å². The maximum absolute atomic E-state index is 14.0. The Kier molecular flexibility index (Phi) is 6.23. The number of allylic oxidation sites excluding steroid dienone is 2. The van der Waals surface area contributed by atoms with Crippen molar-refractivity contribution in [3.8, 4) is 6.07 Å². The van der Waals surface area contributed by atoms with Gasteiger partial charge in [0.25, 0.3) is 0 Å². The summed E-state index contributed by atoms with van der Waals surface area (Å²) < 4.78 is 29.5. The minimum atomic E-state index is -1.61. The molecule has 4 rings (SSSR count). The Morgan fingerprint density at radius 3 is 2.84 bits per heavy atom. The first-order valence-corrected chi connectivity index (χ1v) is 10.2. The summed E-state index contributed by atoms with van der Waals surface area (Å²) >= 11 is 0. The first-order valence-electron chi connectivity index (χ1n) is 10.2. The molecule has 1 N–H and O–H groups in total. The number of carbonyl (C=O) groups excluding carboxylic acids is 1. The molecule has 0 bridgehead atoms. The maximum atomic E-state index is 14.0. The lowest BCUT2D eigenvalue weighted by molar-refractivity contribution is -0.129. The van der Waals surface area contributed by atoms with Crippen LogP contribution in [0.5, 0.6) is 0 Å². The largest absolute Gasteiger partial charge is 0.337 e. The third kappa shape index (κ3) is 4.72. The van der Waals surface area contributed by atoms with E-state index in [9.17, 15) is 13.6 Å². The van der Waals surface area contributed by atoms with E-state index in [0.717, 1.165) is 11.3 Å². The first-order chi connectivity index (χ1) is 15.0. The van der Waals surface area contributed by atoms with E-state index in [4.69, 9.17) is 5.26 Å². The smallest absolute Gasteiger partial charge is 0.240 e. The minimum Gasteiger partial charge on any atom is -0.337 e. The number of carbonyl (C=O) groups is 1. The van der Waals surface area contributed by atoms with E-state index >= 15 is 0 Å². The number of likely N-dealkylation sites (tertiary alicyclic amines) is 1. The molecule has 1 amide bonds. The normalized spacial score (nSPS) is 21.1. The number of nitriles is 1. The number of hydrogen-bond donors (Lipinski definition) is 1. The van der Waals surface area contributed by atoms with Gasteiger partial charge >= 0.3 is 0 Å². The van der Waals surface area contributed by atoms with Crippen LogP contribution in [0.15, 0.2) is 60.3 Å². The number of halogens is 2. The van der Waals surface area contributed by atoms with Crippen molar-refractivity contribution >= 4 is 5.91 Å². The Labute approximate surface area is 179 Å². The van der Waals surface area contributed by atoms with Gasteiger partial charge in [0.1, 0.15) is 5.83 Å². The summed E-state index contributed by atoms with van der Waals surface area (Å²) in [5.41, 5.74) is 2.83. The van der Waals surface area contributed by atoms with Gasteiger partial charge in [-0.25, -0.2) is 13.8 Å². The lowest BCUT2D eigenvalue weighted by atomic mass is 10.0. The number of amides is 1. The topological polar surface area (TPSA) is 74.0 Å². The van der Waals surface area contributed by atoms with Gasteiger partial charge in [0.15, 0.2) is 6.17 Å². The molecule has 6 nitrogen and oxygen atoms in total. The maximum Gasteiger partial charge on any atom is 0.240 e. The highest BCUT2D eigenvalue weighted by Gasteiger charge is 2.32. The number of nitrogens with zero attached hydrogens (tertiary/aromatic N) is 4. The fourth-order valence-electron chi connectivity index (χ4n) is 3.88. The van der Waals surface area contributed by atoms with Gasteiger partial charge < -0.3 is 14.8 Å². The molecule has 1 aromatic heterocycles. The molecule has 0 saturated carbocycles. The van der Waals surface area contributed by atoms with E-state index in [-0.39, 0.29) is 30.5 Å². The fraction of sp³-hybridized carbons (Fsp3) is 0.348. The molecule has 1 aliphatic heterocycles. The number of benzene rings is 1. The lowest BCUT2D eigenvalue weighted by Gasteiger charge is -2.21. The van der Waals surface area contributed by atoms with Crippen LogP contribution in [0, 0.1) is 11.3 Å². The van der Waals surface area contributed by atoms with Crippen molar-refractivity contribution in [2.45, 2.75) is 38.1 Å². The predicted molar refractivity (Wildman–Crippen MR) is 111 cm³/mol. The van der Waals surface area contributed by atoms with Crippen molar-refractivity contribution in [2.75, 3.05) is 13.1 Å². The summed E-state index contributed by atoms with van der Waals surface area (Å²) in [7, 11) is 0. The van der Waals surface area contributed by atoms with Crippen LogP contribution < -0.4 is 5.32 Å². The van der Waals surface area contributed by atoms with Crippen molar-refractivity contribution in [3.05, 3.63) is 77.2 Å². The van der Waals surface area contributed by atoms with Crippen LogP contribution in [0.25, 0.3) is 0 Å². The SMILES string of the molecule is N#Cc1ccc(Cn2cncc2CN[C@@H]2CCN(CC3=C(F)C(F)CC=C3)C2=O)cc1. The highest BCUT2D eigenvalue weighted by molar-refractivity contribution is 5.84. The van der Waals surface area contributed by atoms with Gasteiger partial charge in [0.2, 0.25) is 5.91 Å². The third-order valence-electron chi connectivity index (χ3n) is 5.67. The molecule has 8 heteroatoms. The van der Waals surface area contributed by atoms with Crippen molar-refractivity contribution in [3.63, 3.8) is 0 Å². The molecule has 1 saturated heterocycles. The van der Waals surface area contributed by atoms with Crippen LogP contribution in [-0.2, 0) is 17.9 Å². The molecule has 2 atom stereocenters. The molecule has 1 fully saturated rings. The van der Waals surface area contributed by atoms with Crippen LogP contribution >= 0.6 is 0 Å². The number of alkyl halides is 1. The quantitative estimate of drug-likeness (QED) is 0.743. The fourth-order valence-corrected chi connectivity index (χ4v) is 3.88. The van der Waals surface area contributed by atoms with Gasteiger partial charge in [0.05, 0.1) is 29.7 Å². The summed E-state index contributed by atoms with van der Waals surface area (Å²) in [5, 5.41) is 12.2. The average Bonchev–Trinajstić information content (AvgIpc) is 3.36. The number of aromatic nitrogens is 2. The van der Waals surface area contributed by atoms with Gasteiger partial charge in [-0.05, 0) is 24.1 Å². The van der Waals surface area contributed by atoms with Crippen LogP contribution in [-0.4, -0.2) is 45.7 Å². The highest BCUT2D eigenvalue weighted by atomic mass is 19.2. The number of nitrogens with one attached hydrogen (secondary N) is 1. The summed E-state index contributed by atoms with van der Waals surface area (Å²) in [4.78, 5) is 18.5. The van der Waals surface area contributed by atoms with E-state index in [1.54, 1.807) is 41.7 Å². The number of rotatable bonds is 7. The molecular weight excluding hydrogens is 400 g/mol. The predicted octanol–water partition coefficient (Wildman–Crippen LogP) is 3.02. The summed E-state index contributed by atoms with van der Waals surface area (Å²) in [6.07, 6.45) is 5.71. The Hall–Kier alpha value is -3.31. The van der Waals surface area contributed by atoms with Crippen LogP contribution in [0.3, 0.4) is 0 Å². The van der Waals surface area contributed by atoms with Crippen molar-refractivity contribution in [1.29, 1.82) is 5.26 Å². The van der Waals surface area contributed by atoms with Gasteiger partial charge in [0, 0.05) is 44.4 Å². The summed E-state index contributed by atoms with van der Waals surface area (Å²) in [6, 6.07) is 9.11. The highest BCUT2D eigenvalue weighted by Crippen LogP contribution is 2.25. The van der Waals surface area contributed by atoms with Crippen LogP contribution in [0.2, 0.25) is 0 Å². The van der Waals surface area contributed by atoms with Gasteiger partial charge in [-0.2, -0.15) is 5.26 Å². The number of hydrogen-bond acceptors (Lipinski definition) is 4. The lowest BCUT2D eigenvalue weighted by Crippen LogP contribution is -2.39. The summed E-state index contributed by atoms with van der Waals surface area (Å²) in [5.74, 6) is -0.869. The van der Waals surface area contributed by atoms with Crippen molar-refractivity contribution in [1.82, 2.24) is 19.8 Å². The average molecular weight is 423 g/mol. The second-order valence-corrected chi connectivity index (χ2v) is 7.78. The molecule has 31 heavy (non-hydrogen) atoms. The Morgan fingerprint density at radius 2 is 2.06 bits per heavy atom. The Bertz CT molecular complexity index is 1050. The third-order valence-corrected chi connectivity index (χ3v) is 5.67. The first kappa shape index (κ1) is 20.9. The molecular formula is C23H23F2N5O. The second-order valence-electron chi connectivity index (χ2n) is 7.78. The molecule has 160 valence electrons. The standard InChI is InChI=1S/C23H23F2N5O/c24-20-3-1-2-18(22(20)25)14-29-9-8-21(23(29)31)28-12-19-11-27-15-30(19)13-17-6-4-16(10-26)5-7-17/h1-2,4-7,11,15,20-21,28H,3,8-9,12-14H2/t20?,21-/m1/s1. The molecule has 1 aromatic carbocycles. The molecule has 2 aliphatic rings. The zero-order chi connectivity index (χ0) is 21.8. The number of imidazole rings is 1. The van der Waals surface area contributed by atoms with E-state index < -0.39 is 12.0 Å². The summed E-state index contributed by atoms with van der Waals surface area (Å²) in [6.45, 7) is 1.67. The van der Waals surface area contributed by atoms with Crippen molar-refractivity contribution < 1.29 is 13.6 Å². The van der Waals surface area contributed by atoms with Crippen molar-refractivity contribution in [2.24, 2.45) is 0 Å². The molecule has 2 aromatic rings. The van der Waals surface area contributed by atoms with E-state index in [1.165, 1.54) is 0 Å². The molecule has 2 heterocycles. The van der Waals surface area contributed by atoms with E-state index in [0.29, 0.717) is 31.6 Å². The zero-order valence-electron chi connectivity index (χ0n) is 17.0. The van der Waals surface area contributed by atoms with E-state index in [2.05, 4.69) is 16.4 Å². The monoisotopic (exact) mass is 423 g/mol. The minimum absolute atomic E-state index is 0.0452. The molecule has 1 aliphatic carbocycles.